The number of likely N-dealkylation sites (tertiary alicyclic amines) is 1. The lowest BCUT2D eigenvalue weighted by Crippen LogP contribution is -2.29. The molecular weight excluding hydrogens is 346 g/mol. The van der Waals surface area contributed by atoms with Gasteiger partial charge in [0.15, 0.2) is 5.01 Å². The van der Waals surface area contributed by atoms with Gasteiger partial charge in [-0.1, -0.05) is 24.3 Å². The SMILES string of the molecule is O=C(Nc1ccc(CC(=O)N2CCCC2)cc1)c1nc2ccccc2s1. The molecule has 132 valence electrons. The molecule has 3 aromatic rings. The Bertz CT molecular complexity index is 910. The second-order valence-corrected chi connectivity index (χ2v) is 7.43. The number of rotatable bonds is 4. The predicted molar refractivity (Wildman–Crippen MR) is 104 cm³/mol. The maximum Gasteiger partial charge on any atom is 0.284 e. The first kappa shape index (κ1) is 16.7. The van der Waals surface area contributed by atoms with E-state index < -0.39 is 0 Å². The minimum absolute atomic E-state index is 0.175. The number of para-hydroxylation sites is 1. The Morgan fingerprint density at radius 3 is 2.50 bits per heavy atom. The van der Waals surface area contributed by atoms with E-state index >= 15 is 0 Å². The summed E-state index contributed by atoms with van der Waals surface area (Å²) in [5, 5.41) is 3.31. The number of fused-ring (bicyclic) bond motifs is 1. The van der Waals surface area contributed by atoms with Gasteiger partial charge in [-0.15, -0.1) is 11.3 Å². The molecule has 4 rings (SSSR count). The highest BCUT2D eigenvalue weighted by molar-refractivity contribution is 7.20. The second kappa shape index (κ2) is 7.25. The van der Waals surface area contributed by atoms with Crippen molar-refractivity contribution < 1.29 is 9.59 Å². The quantitative estimate of drug-likeness (QED) is 0.767. The van der Waals surface area contributed by atoms with Crippen LogP contribution in [0, 0.1) is 0 Å². The molecule has 1 fully saturated rings. The summed E-state index contributed by atoms with van der Waals surface area (Å²) in [6.07, 6.45) is 2.61. The van der Waals surface area contributed by atoms with E-state index in [1.807, 2.05) is 53.4 Å². The number of nitrogens with zero attached hydrogens (tertiary/aromatic N) is 2. The van der Waals surface area contributed by atoms with Crippen molar-refractivity contribution in [1.29, 1.82) is 0 Å². The van der Waals surface area contributed by atoms with Crippen LogP contribution in [0.4, 0.5) is 5.69 Å². The lowest BCUT2D eigenvalue weighted by Gasteiger charge is -2.15. The van der Waals surface area contributed by atoms with Crippen molar-refractivity contribution in [2.24, 2.45) is 0 Å². The first-order valence-corrected chi connectivity index (χ1v) is 9.54. The number of nitrogens with one attached hydrogen (secondary N) is 1. The number of aromatic nitrogens is 1. The average Bonchev–Trinajstić information content (AvgIpc) is 3.33. The van der Waals surface area contributed by atoms with Gasteiger partial charge in [-0.2, -0.15) is 0 Å². The summed E-state index contributed by atoms with van der Waals surface area (Å²) in [5.74, 6) is -0.0409. The highest BCUT2D eigenvalue weighted by atomic mass is 32.1. The minimum atomic E-state index is -0.216. The smallest absolute Gasteiger partial charge is 0.284 e. The van der Waals surface area contributed by atoms with Crippen molar-refractivity contribution in [3.63, 3.8) is 0 Å². The lowest BCUT2D eigenvalue weighted by molar-refractivity contribution is -0.129. The fraction of sp³-hybridized carbons (Fsp3) is 0.250. The summed E-state index contributed by atoms with van der Waals surface area (Å²) in [4.78, 5) is 30.9. The number of hydrogen-bond acceptors (Lipinski definition) is 4. The van der Waals surface area contributed by atoms with Crippen molar-refractivity contribution in [2.75, 3.05) is 18.4 Å². The van der Waals surface area contributed by atoms with Crippen LogP contribution < -0.4 is 5.32 Å². The minimum Gasteiger partial charge on any atom is -0.342 e. The van der Waals surface area contributed by atoms with Crippen LogP contribution in [-0.2, 0) is 11.2 Å². The third kappa shape index (κ3) is 3.60. The van der Waals surface area contributed by atoms with Gasteiger partial charge < -0.3 is 10.2 Å². The summed E-state index contributed by atoms with van der Waals surface area (Å²) in [7, 11) is 0. The Kier molecular flexibility index (Phi) is 4.67. The molecule has 0 atom stereocenters. The fourth-order valence-electron chi connectivity index (χ4n) is 3.11. The van der Waals surface area contributed by atoms with Crippen molar-refractivity contribution in [3.05, 3.63) is 59.1 Å². The number of carbonyl (C=O) groups excluding carboxylic acids is 2. The Morgan fingerprint density at radius 2 is 1.77 bits per heavy atom. The van der Waals surface area contributed by atoms with E-state index in [-0.39, 0.29) is 11.8 Å². The van der Waals surface area contributed by atoms with Crippen molar-refractivity contribution in [1.82, 2.24) is 9.88 Å². The number of thiazole rings is 1. The van der Waals surface area contributed by atoms with Gasteiger partial charge in [-0.05, 0) is 42.7 Å². The summed E-state index contributed by atoms with van der Waals surface area (Å²) in [5.41, 5.74) is 2.49. The van der Waals surface area contributed by atoms with Gasteiger partial charge in [-0.25, -0.2) is 4.98 Å². The molecule has 2 amide bonds. The van der Waals surface area contributed by atoms with Crippen LogP contribution in [0.3, 0.4) is 0 Å². The second-order valence-electron chi connectivity index (χ2n) is 6.40. The molecule has 26 heavy (non-hydrogen) atoms. The molecular formula is C20H19N3O2S. The van der Waals surface area contributed by atoms with E-state index in [0.29, 0.717) is 17.1 Å². The molecule has 0 saturated carbocycles. The maximum absolute atomic E-state index is 12.4. The van der Waals surface area contributed by atoms with Crippen LogP contribution in [-0.4, -0.2) is 34.8 Å². The zero-order valence-corrected chi connectivity index (χ0v) is 15.1. The third-order valence-corrected chi connectivity index (χ3v) is 5.55. The van der Waals surface area contributed by atoms with Crippen LogP contribution in [0.5, 0.6) is 0 Å². The Labute approximate surface area is 155 Å². The summed E-state index contributed by atoms with van der Waals surface area (Å²) < 4.78 is 0.994. The monoisotopic (exact) mass is 365 g/mol. The topological polar surface area (TPSA) is 62.3 Å². The molecule has 0 bridgehead atoms. The molecule has 1 saturated heterocycles. The van der Waals surface area contributed by atoms with Gasteiger partial charge in [0.05, 0.1) is 16.6 Å². The molecule has 5 nitrogen and oxygen atoms in total. The number of carbonyl (C=O) groups is 2. The van der Waals surface area contributed by atoms with Gasteiger partial charge in [0.25, 0.3) is 5.91 Å². The molecule has 0 spiro atoms. The van der Waals surface area contributed by atoms with Crippen LogP contribution in [0.15, 0.2) is 48.5 Å². The van der Waals surface area contributed by atoms with E-state index in [2.05, 4.69) is 10.3 Å². The molecule has 0 aliphatic carbocycles. The predicted octanol–water partition coefficient (Wildman–Crippen LogP) is 3.71. The zero-order chi connectivity index (χ0) is 17.9. The molecule has 2 heterocycles. The van der Waals surface area contributed by atoms with Crippen molar-refractivity contribution >= 4 is 39.1 Å². The normalized spacial score (nSPS) is 13.9. The number of hydrogen-bond donors (Lipinski definition) is 1. The van der Waals surface area contributed by atoms with Crippen molar-refractivity contribution in [3.8, 4) is 0 Å². The van der Waals surface area contributed by atoms with Gasteiger partial charge in [0.2, 0.25) is 5.91 Å². The van der Waals surface area contributed by atoms with Crippen LogP contribution in [0.1, 0.15) is 28.2 Å². The zero-order valence-electron chi connectivity index (χ0n) is 14.3. The van der Waals surface area contributed by atoms with E-state index in [9.17, 15) is 9.59 Å². The van der Waals surface area contributed by atoms with E-state index in [1.165, 1.54) is 11.3 Å². The van der Waals surface area contributed by atoms with Gasteiger partial charge >= 0.3 is 0 Å². The van der Waals surface area contributed by atoms with Gasteiger partial charge in [-0.3, -0.25) is 9.59 Å². The van der Waals surface area contributed by atoms with Gasteiger partial charge in [0, 0.05) is 18.8 Å². The Morgan fingerprint density at radius 1 is 1.04 bits per heavy atom. The Hall–Kier alpha value is -2.73. The fourth-order valence-corrected chi connectivity index (χ4v) is 3.97. The number of benzene rings is 2. The highest BCUT2D eigenvalue weighted by Crippen LogP contribution is 2.22. The molecule has 6 heteroatoms. The standard InChI is InChI=1S/C20H19N3O2S/c24-18(23-11-3-4-12-23)13-14-7-9-15(10-8-14)21-19(25)20-22-16-5-1-2-6-17(16)26-20/h1-2,5-10H,3-4,11-13H2,(H,21,25). The Balaban J connectivity index is 1.40. The first-order chi connectivity index (χ1) is 12.7. The van der Waals surface area contributed by atoms with Crippen LogP contribution in [0.25, 0.3) is 10.2 Å². The van der Waals surface area contributed by atoms with Crippen LogP contribution in [0.2, 0.25) is 0 Å². The average molecular weight is 365 g/mol. The maximum atomic E-state index is 12.4. The van der Waals surface area contributed by atoms with E-state index in [4.69, 9.17) is 0 Å². The molecule has 0 radical (unpaired) electrons. The van der Waals surface area contributed by atoms with Gasteiger partial charge in [0.1, 0.15) is 0 Å². The lowest BCUT2D eigenvalue weighted by atomic mass is 10.1. The molecule has 2 aromatic carbocycles. The summed E-state index contributed by atoms with van der Waals surface area (Å²) in [6.45, 7) is 1.74. The van der Waals surface area contributed by atoms with Crippen molar-refractivity contribution in [2.45, 2.75) is 19.3 Å². The number of amides is 2. The molecule has 1 aliphatic heterocycles. The molecule has 0 unspecified atom stereocenters. The highest BCUT2D eigenvalue weighted by Gasteiger charge is 2.18. The molecule has 1 aromatic heterocycles. The van der Waals surface area contributed by atoms with Crippen LogP contribution >= 0.6 is 11.3 Å². The summed E-state index contributed by atoms with van der Waals surface area (Å²) >= 11 is 1.38. The summed E-state index contributed by atoms with van der Waals surface area (Å²) in [6, 6.07) is 15.1. The van der Waals surface area contributed by atoms with E-state index in [0.717, 1.165) is 41.7 Å². The molecule has 1 N–H and O–H groups in total. The molecule has 1 aliphatic rings. The third-order valence-electron chi connectivity index (χ3n) is 4.51. The van der Waals surface area contributed by atoms with E-state index in [1.54, 1.807) is 0 Å². The number of anilines is 1. The largest absolute Gasteiger partial charge is 0.342 e. The first-order valence-electron chi connectivity index (χ1n) is 8.73.